The Hall–Kier alpha value is -3.16. The van der Waals surface area contributed by atoms with Gasteiger partial charge in [0.2, 0.25) is 5.91 Å². The SMILES string of the molecule is CCCCC/C=C\C/C=C\C/C=C\C/C=C\CCCCCCCCCCCCCC(=O)OC1C(OCC(NC(=O)C(O)CCCCCCCC/C=C\C/C=C\CCCCC)C(O)/C=C/CCCCCCCCCCCCC)OC(CO)C(O)C1O. The molecular formula is C74H131NO10. The minimum absolute atomic E-state index is 0.116. The van der Waals surface area contributed by atoms with Crippen LogP contribution in [-0.2, 0) is 23.8 Å². The molecule has 1 fully saturated rings. The number of carbonyl (C=O) groups excluding carboxylic acids is 2. The number of carbonyl (C=O) groups is 2. The largest absolute Gasteiger partial charge is 0.454 e. The van der Waals surface area contributed by atoms with Crippen LogP contribution in [0.4, 0.5) is 0 Å². The molecule has 1 rings (SSSR count). The number of unbranched alkanes of at least 4 members (excludes halogenated alkanes) is 34. The summed E-state index contributed by atoms with van der Waals surface area (Å²) in [6, 6.07) is -1.03. The van der Waals surface area contributed by atoms with Gasteiger partial charge in [0.1, 0.15) is 24.4 Å². The van der Waals surface area contributed by atoms with Crippen molar-refractivity contribution in [2.75, 3.05) is 13.2 Å². The van der Waals surface area contributed by atoms with Crippen molar-refractivity contribution in [2.24, 2.45) is 0 Å². The van der Waals surface area contributed by atoms with Crippen molar-refractivity contribution in [2.45, 2.75) is 359 Å². The van der Waals surface area contributed by atoms with Crippen LogP contribution in [0.1, 0.15) is 310 Å². The van der Waals surface area contributed by atoms with Crippen molar-refractivity contribution in [3.05, 3.63) is 85.1 Å². The lowest BCUT2D eigenvalue weighted by Crippen LogP contribution is -2.61. The molecule has 11 heteroatoms. The van der Waals surface area contributed by atoms with Crippen LogP contribution in [0.25, 0.3) is 0 Å². The highest BCUT2D eigenvalue weighted by atomic mass is 16.7. The average molecular weight is 1190 g/mol. The molecule has 0 bridgehead atoms. The topological polar surface area (TPSA) is 175 Å². The lowest BCUT2D eigenvalue weighted by molar-refractivity contribution is -0.305. The zero-order chi connectivity index (χ0) is 61.7. The second-order valence-electron chi connectivity index (χ2n) is 24.3. The summed E-state index contributed by atoms with van der Waals surface area (Å²) in [7, 11) is 0. The fourth-order valence-electron chi connectivity index (χ4n) is 10.7. The summed E-state index contributed by atoms with van der Waals surface area (Å²) >= 11 is 0. The van der Waals surface area contributed by atoms with Gasteiger partial charge < -0.3 is 45.1 Å². The van der Waals surface area contributed by atoms with E-state index in [1.807, 2.05) is 6.08 Å². The molecule has 0 aliphatic carbocycles. The van der Waals surface area contributed by atoms with Gasteiger partial charge in [-0.2, -0.15) is 0 Å². The second-order valence-corrected chi connectivity index (χ2v) is 24.3. The Balaban J connectivity index is 2.58. The summed E-state index contributed by atoms with van der Waals surface area (Å²) in [5, 5.41) is 57.2. The van der Waals surface area contributed by atoms with Crippen molar-refractivity contribution in [1.82, 2.24) is 5.32 Å². The predicted octanol–water partition coefficient (Wildman–Crippen LogP) is 18.1. The van der Waals surface area contributed by atoms with Crippen molar-refractivity contribution in [3.8, 4) is 0 Å². The fourth-order valence-corrected chi connectivity index (χ4v) is 10.7. The Morgan fingerprint density at radius 3 is 1.24 bits per heavy atom. The van der Waals surface area contributed by atoms with E-state index in [1.54, 1.807) is 6.08 Å². The first-order valence-corrected chi connectivity index (χ1v) is 35.4. The first kappa shape index (κ1) is 79.9. The number of nitrogens with one attached hydrogen (secondary N) is 1. The number of aliphatic hydroxyl groups is 5. The summed E-state index contributed by atoms with van der Waals surface area (Å²) in [6.07, 6.45) is 70.4. The smallest absolute Gasteiger partial charge is 0.306 e. The van der Waals surface area contributed by atoms with Crippen LogP contribution in [0.5, 0.6) is 0 Å². The number of rotatable bonds is 60. The third-order valence-electron chi connectivity index (χ3n) is 16.3. The third-order valence-corrected chi connectivity index (χ3v) is 16.3. The van der Waals surface area contributed by atoms with Gasteiger partial charge in [-0.1, -0.05) is 286 Å². The standard InChI is InChI=1S/C74H131NO10/c1-4-7-10-13-16-19-22-25-27-29-30-31-32-33-34-35-36-37-38-39-41-44-47-50-53-56-59-62-69(79)85-72-71(81)70(80)68(63-76)84-74(72)83-64-65(66(77)60-57-54-51-48-45-42-24-21-18-15-12-9-6-3)75-73(82)67(78)61-58-55-52-49-46-43-40-28-26-23-20-17-14-11-8-5-2/h16-17,19-20,25-28,30-31,33-34,57,60,65-68,70-72,74,76-78,80-81H,4-15,18,21-24,29,32,35-56,58-59,61-64H2,1-3H3,(H,75,82)/b19-16-,20-17-,27-25-,28-26-,31-30-,34-33-,60-57+. The molecule has 8 unspecified atom stereocenters. The number of ether oxygens (including phenoxy) is 3. The van der Waals surface area contributed by atoms with Gasteiger partial charge in [0.05, 0.1) is 25.4 Å². The molecule has 492 valence electrons. The van der Waals surface area contributed by atoms with Gasteiger partial charge in [-0.3, -0.25) is 9.59 Å². The van der Waals surface area contributed by atoms with Gasteiger partial charge in [-0.25, -0.2) is 0 Å². The molecule has 6 N–H and O–H groups in total. The van der Waals surface area contributed by atoms with E-state index in [2.05, 4.69) is 99.0 Å². The highest BCUT2D eigenvalue weighted by Crippen LogP contribution is 2.26. The Bertz CT molecular complexity index is 1710. The maximum absolute atomic E-state index is 13.5. The van der Waals surface area contributed by atoms with Crippen LogP contribution in [0.15, 0.2) is 85.1 Å². The van der Waals surface area contributed by atoms with Crippen molar-refractivity contribution >= 4 is 11.9 Å². The number of hydrogen-bond donors (Lipinski definition) is 6. The van der Waals surface area contributed by atoms with E-state index < -0.39 is 67.4 Å². The lowest BCUT2D eigenvalue weighted by Gasteiger charge is -2.41. The van der Waals surface area contributed by atoms with Crippen LogP contribution in [0.2, 0.25) is 0 Å². The minimum Gasteiger partial charge on any atom is -0.454 e. The molecule has 0 spiro atoms. The first-order valence-electron chi connectivity index (χ1n) is 35.4. The van der Waals surface area contributed by atoms with E-state index in [4.69, 9.17) is 14.2 Å². The zero-order valence-electron chi connectivity index (χ0n) is 54.7. The molecule has 0 aromatic rings. The summed E-state index contributed by atoms with van der Waals surface area (Å²) < 4.78 is 17.7. The molecule has 1 saturated heterocycles. The van der Waals surface area contributed by atoms with Gasteiger partial charge in [0.25, 0.3) is 0 Å². The van der Waals surface area contributed by atoms with Gasteiger partial charge in [-0.15, -0.1) is 0 Å². The Morgan fingerprint density at radius 2 is 0.812 bits per heavy atom. The van der Waals surface area contributed by atoms with Gasteiger partial charge in [0, 0.05) is 6.42 Å². The maximum atomic E-state index is 13.5. The minimum atomic E-state index is -1.62. The van der Waals surface area contributed by atoms with Crippen LogP contribution >= 0.6 is 0 Å². The number of hydrogen-bond acceptors (Lipinski definition) is 10. The van der Waals surface area contributed by atoms with Gasteiger partial charge >= 0.3 is 5.97 Å². The highest BCUT2D eigenvalue weighted by molar-refractivity contribution is 5.80. The molecule has 0 radical (unpaired) electrons. The average Bonchev–Trinajstić information content (AvgIpc) is 2.50. The van der Waals surface area contributed by atoms with E-state index in [0.717, 1.165) is 109 Å². The molecule has 1 aliphatic rings. The van der Waals surface area contributed by atoms with Crippen molar-refractivity contribution < 1.29 is 49.3 Å². The summed E-state index contributed by atoms with van der Waals surface area (Å²) in [6.45, 7) is 5.75. The number of allylic oxidation sites excluding steroid dienone is 13. The number of amides is 1. The molecule has 11 nitrogen and oxygen atoms in total. The van der Waals surface area contributed by atoms with E-state index in [0.29, 0.717) is 12.8 Å². The van der Waals surface area contributed by atoms with Gasteiger partial charge in [0.15, 0.2) is 12.4 Å². The van der Waals surface area contributed by atoms with Crippen LogP contribution in [0.3, 0.4) is 0 Å². The summed E-state index contributed by atoms with van der Waals surface area (Å²) in [5.74, 6) is -1.20. The first-order chi connectivity index (χ1) is 41.7. The Labute approximate surface area is 521 Å². The third kappa shape index (κ3) is 48.4. The number of aliphatic hydroxyl groups excluding tert-OH is 5. The van der Waals surface area contributed by atoms with Gasteiger partial charge in [-0.05, 0) is 103 Å². The quantitative estimate of drug-likeness (QED) is 0.0195. The van der Waals surface area contributed by atoms with Crippen molar-refractivity contribution in [1.29, 1.82) is 0 Å². The zero-order valence-corrected chi connectivity index (χ0v) is 54.7. The van der Waals surface area contributed by atoms with E-state index in [-0.39, 0.29) is 19.4 Å². The maximum Gasteiger partial charge on any atom is 0.306 e. The fraction of sp³-hybridized carbons (Fsp3) is 0.784. The highest BCUT2D eigenvalue weighted by Gasteiger charge is 2.47. The van der Waals surface area contributed by atoms with E-state index in [1.165, 1.54) is 154 Å². The molecule has 0 aromatic carbocycles. The Kier molecular flexibility index (Phi) is 57.4. The lowest BCUT2D eigenvalue weighted by atomic mass is 9.99. The molecule has 8 atom stereocenters. The molecule has 85 heavy (non-hydrogen) atoms. The predicted molar refractivity (Wildman–Crippen MR) is 356 cm³/mol. The second kappa shape index (κ2) is 61.1. The normalized spacial score (nSPS) is 18.9. The van der Waals surface area contributed by atoms with Crippen LogP contribution in [-0.4, -0.2) is 99.6 Å². The summed E-state index contributed by atoms with van der Waals surface area (Å²) in [5.41, 5.74) is 0. The molecule has 1 aliphatic heterocycles. The molecular weight excluding hydrogens is 1060 g/mol. The molecule has 0 saturated carbocycles. The van der Waals surface area contributed by atoms with E-state index in [9.17, 15) is 35.1 Å². The van der Waals surface area contributed by atoms with Crippen LogP contribution in [0, 0.1) is 0 Å². The summed E-state index contributed by atoms with van der Waals surface area (Å²) in [4.78, 5) is 26.7. The number of esters is 1. The van der Waals surface area contributed by atoms with Crippen LogP contribution < -0.4 is 5.32 Å². The molecule has 1 amide bonds. The van der Waals surface area contributed by atoms with Crippen molar-refractivity contribution in [3.63, 3.8) is 0 Å². The molecule has 1 heterocycles. The van der Waals surface area contributed by atoms with E-state index >= 15 is 0 Å². The Morgan fingerprint density at radius 1 is 0.459 bits per heavy atom. The molecule has 0 aromatic heterocycles. The monoisotopic (exact) mass is 1190 g/mol.